The minimum absolute atomic E-state index is 0.0740. The summed E-state index contributed by atoms with van der Waals surface area (Å²) >= 11 is 0. The number of ether oxygens (including phenoxy) is 5. The van der Waals surface area contributed by atoms with Gasteiger partial charge in [-0.05, 0) is 47.5 Å². The SMILES string of the molecule is O=C(CCC(=O)N1Cc2ccccc2C#Cc2ccccc21)NCCOCCOCCOCCOCCOCCNC(=O)CCC(=O)N1Cc2ccccc2C#Cc2ccccc21. The standard InChI is InChI=1S/C50H54N4O9/c55-47(21-23-49(57)53-37-43-13-3-1-9-39(43)17-19-41-11-5-7-15-45(41)53)51-25-27-59-29-31-61-33-35-63-36-34-62-32-30-60-28-26-52-48(56)22-24-50(58)54-38-44-14-4-2-10-40(44)18-20-42-12-6-8-16-46(42)54/h1-16H,21-38H2,(H,51,55)(H,52,56). The Morgan fingerprint density at radius 3 is 1.13 bits per heavy atom. The second kappa shape index (κ2) is 25.6. The van der Waals surface area contributed by atoms with E-state index in [9.17, 15) is 19.2 Å². The van der Waals surface area contributed by atoms with Gasteiger partial charge in [-0.15, -0.1) is 0 Å². The molecule has 13 nitrogen and oxygen atoms in total. The van der Waals surface area contributed by atoms with Gasteiger partial charge in [0.15, 0.2) is 0 Å². The molecule has 4 aromatic rings. The molecule has 2 aliphatic heterocycles. The van der Waals surface area contributed by atoms with Gasteiger partial charge in [0.2, 0.25) is 23.6 Å². The lowest BCUT2D eigenvalue weighted by Gasteiger charge is -2.26. The molecular weight excluding hydrogens is 801 g/mol. The van der Waals surface area contributed by atoms with E-state index in [1.54, 1.807) is 9.80 Å². The first-order valence-corrected chi connectivity index (χ1v) is 21.4. The summed E-state index contributed by atoms with van der Waals surface area (Å²) in [5, 5.41) is 5.62. The summed E-state index contributed by atoms with van der Waals surface area (Å²) in [7, 11) is 0. The summed E-state index contributed by atoms with van der Waals surface area (Å²) in [6.07, 6.45) is 0.301. The van der Waals surface area contributed by atoms with Gasteiger partial charge in [0.1, 0.15) is 0 Å². The van der Waals surface area contributed by atoms with Crippen molar-refractivity contribution in [3.8, 4) is 23.7 Å². The number of carbonyl (C=O) groups is 4. The van der Waals surface area contributed by atoms with Crippen molar-refractivity contribution < 1.29 is 42.9 Å². The molecular formula is C50H54N4O9. The van der Waals surface area contributed by atoms with Crippen LogP contribution < -0.4 is 20.4 Å². The number of benzene rings is 4. The number of nitrogens with zero attached hydrogens (tertiary/aromatic N) is 2. The van der Waals surface area contributed by atoms with E-state index in [-0.39, 0.29) is 49.3 Å². The summed E-state index contributed by atoms with van der Waals surface area (Å²) in [5.74, 6) is 12.1. The van der Waals surface area contributed by atoms with Crippen LogP contribution in [0.15, 0.2) is 97.1 Å². The fourth-order valence-electron chi connectivity index (χ4n) is 6.81. The topological polar surface area (TPSA) is 145 Å². The molecule has 0 radical (unpaired) electrons. The normalized spacial score (nSPS) is 12.3. The first-order chi connectivity index (χ1) is 31.0. The maximum Gasteiger partial charge on any atom is 0.227 e. The van der Waals surface area contributed by atoms with Crippen molar-refractivity contribution in [2.75, 3.05) is 89.0 Å². The molecule has 13 heteroatoms. The number of para-hydroxylation sites is 2. The number of nitrogens with one attached hydrogen (secondary N) is 2. The molecule has 2 heterocycles. The van der Waals surface area contributed by atoms with Crippen LogP contribution in [0.2, 0.25) is 0 Å². The Balaban J connectivity index is 0.707. The first kappa shape index (κ1) is 46.2. The smallest absolute Gasteiger partial charge is 0.227 e. The van der Waals surface area contributed by atoms with Gasteiger partial charge in [-0.25, -0.2) is 0 Å². The summed E-state index contributed by atoms with van der Waals surface area (Å²) in [6.45, 7) is 5.28. The second-order valence-corrected chi connectivity index (χ2v) is 14.6. The fourth-order valence-corrected chi connectivity index (χ4v) is 6.81. The van der Waals surface area contributed by atoms with Crippen LogP contribution in [-0.2, 0) is 56.0 Å². The van der Waals surface area contributed by atoms with E-state index in [2.05, 4.69) is 34.3 Å². The molecule has 63 heavy (non-hydrogen) atoms. The average Bonchev–Trinajstić information content (AvgIpc) is 3.29. The number of anilines is 2. The van der Waals surface area contributed by atoms with Gasteiger partial charge in [-0.3, -0.25) is 19.2 Å². The van der Waals surface area contributed by atoms with Crippen LogP contribution >= 0.6 is 0 Å². The number of rotatable bonds is 24. The molecule has 2 aliphatic rings. The zero-order chi connectivity index (χ0) is 43.9. The lowest BCUT2D eigenvalue weighted by molar-refractivity contribution is -0.125. The van der Waals surface area contributed by atoms with Gasteiger partial charge in [-0.2, -0.15) is 0 Å². The second-order valence-electron chi connectivity index (χ2n) is 14.6. The lowest BCUT2D eigenvalue weighted by atomic mass is 10.0. The highest BCUT2D eigenvalue weighted by Crippen LogP contribution is 2.27. The Kier molecular flexibility index (Phi) is 18.8. The summed E-state index contributed by atoms with van der Waals surface area (Å²) in [6, 6.07) is 30.7. The largest absolute Gasteiger partial charge is 0.377 e. The predicted molar refractivity (Wildman–Crippen MR) is 239 cm³/mol. The van der Waals surface area contributed by atoms with Crippen molar-refractivity contribution in [3.63, 3.8) is 0 Å². The molecule has 6 rings (SSSR count). The number of amides is 4. The first-order valence-electron chi connectivity index (χ1n) is 21.4. The van der Waals surface area contributed by atoms with Gasteiger partial charge in [0, 0.05) is 61.0 Å². The van der Waals surface area contributed by atoms with Gasteiger partial charge < -0.3 is 44.1 Å². The molecule has 328 valence electrons. The zero-order valence-electron chi connectivity index (χ0n) is 35.5. The average molecular weight is 855 g/mol. The number of hydrogen-bond donors (Lipinski definition) is 2. The van der Waals surface area contributed by atoms with Crippen molar-refractivity contribution in [1.82, 2.24) is 10.6 Å². The highest BCUT2D eigenvalue weighted by atomic mass is 16.6. The third kappa shape index (κ3) is 14.9. The number of carbonyl (C=O) groups excluding carboxylic acids is 4. The fraction of sp³-hybridized carbons (Fsp3) is 0.360. The molecule has 4 amide bonds. The minimum atomic E-state index is -0.213. The van der Waals surface area contributed by atoms with E-state index in [4.69, 9.17) is 23.7 Å². The Morgan fingerprint density at radius 1 is 0.413 bits per heavy atom. The molecule has 0 fully saturated rings. The van der Waals surface area contributed by atoms with Crippen molar-refractivity contribution in [1.29, 1.82) is 0 Å². The molecule has 0 spiro atoms. The highest BCUT2D eigenvalue weighted by Gasteiger charge is 2.23. The van der Waals surface area contributed by atoms with Crippen molar-refractivity contribution in [2.24, 2.45) is 0 Å². The third-order valence-electron chi connectivity index (χ3n) is 10.1. The molecule has 0 aromatic heterocycles. The quantitative estimate of drug-likeness (QED) is 0.0754. The zero-order valence-corrected chi connectivity index (χ0v) is 35.5. The van der Waals surface area contributed by atoms with Crippen LogP contribution in [-0.4, -0.2) is 103 Å². The lowest BCUT2D eigenvalue weighted by Crippen LogP contribution is -2.34. The van der Waals surface area contributed by atoms with Crippen LogP contribution in [0.4, 0.5) is 11.4 Å². The van der Waals surface area contributed by atoms with E-state index in [0.717, 1.165) is 44.8 Å². The van der Waals surface area contributed by atoms with Crippen LogP contribution in [0.1, 0.15) is 59.1 Å². The maximum absolute atomic E-state index is 13.3. The Bertz CT molecular complexity index is 2130. The monoisotopic (exact) mass is 854 g/mol. The summed E-state index contributed by atoms with van der Waals surface area (Å²) in [4.78, 5) is 55.0. The molecule has 0 bridgehead atoms. The number of fused-ring (bicyclic) bond motifs is 4. The summed E-state index contributed by atoms with van der Waals surface area (Å²) in [5.41, 5.74) is 6.75. The Hall–Kier alpha value is -6.32. The molecule has 0 unspecified atom stereocenters. The van der Waals surface area contributed by atoms with Crippen molar-refractivity contribution in [2.45, 2.75) is 38.8 Å². The van der Waals surface area contributed by atoms with Gasteiger partial charge in [0.05, 0.1) is 90.5 Å². The molecule has 0 saturated carbocycles. The van der Waals surface area contributed by atoms with Gasteiger partial charge in [0.25, 0.3) is 0 Å². The summed E-state index contributed by atoms with van der Waals surface area (Å²) < 4.78 is 27.7. The number of hydrogen-bond acceptors (Lipinski definition) is 9. The van der Waals surface area contributed by atoms with Crippen LogP contribution in [0.25, 0.3) is 0 Å². The van der Waals surface area contributed by atoms with E-state index in [1.807, 2.05) is 97.1 Å². The van der Waals surface area contributed by atoms with Crippen molar-refractivity contribution in [3.05, 3.63) is 130 Å². The van der Waals surface area contributed by atoms with Gasteiger partial charge in [-0.1, -0.05) is 84.3 Å². The van der Waals surface area contributed by atoms with Crippen LogP contribution in [0.5, 0.6) is 0 Å². The predicted octanol–water partition coefficient (Wildman–Crippen LogP) is 4.76. The highest BCUT2D eigenvalue weighted by molar-refractivity contribution is 5.98. The van der Waals surface area contributed by atoms with E-state index < -0.39 is 0 Å². The van der Waals surface area contributed by atoms with Crippen molar-refractivity contribution >= 4 is 35.0 Å². The van der Waals surface area contributed by atoms with E-state index >= 15 is 0 Å². The van der Waals surface area contributed by atoms with Gasteiger partial charge >= 0.3 is 0 Å². The minimum Gasteiger partial charge on any atom is -0.377 e. The molecule has 0 aliphatic carbocycles. The Morgan fingerprint density at radius 2 is 0.730 bits per heavy atom. The van der Waals surface area contributed by atoms with Crippen LogP contribution in [0.3, 0.4) is 0 Å². The van der Waals surface area contributed by atoms with E-state index in [0.29, 0.717) is 92.2 Å². The Labute approximate surface area is 369 Å². The molecule has 2 N–H and O–H groups in total. The molecule has 4 aromatic carbocycles. The molecule has 0 saturated heterocycles. The maximum atomic E-state index is 13.3. The molecule has 0 atom stereocenters. The van der Waals surface area contributed by atoms with Crippen LogP contribution in [0, 0.1) is 23.7 Å². The third-order valence-corrected chi connectivity index (χ3v) is 10.1. The van der Waals surface area contributed by atoms with E-state index in [1.165, 1.54) is 0 Å².